The predicted octanol–water partition coefficient (Wildman–Crippen LogP) is 1.61. The van der Waals surface area contributed by atoms with Gasteiger partial charge in [0.2, 0.25) is 0 Å². The van der Waals surface area contributed by atoms with Gasteiger partial charge in [0.25, 0.3) is 5.91 Å². The number of carbonyl (C=O) groups is 2. The Morgan fingerprint density at radius 3 is 2.50 bits per heavy atom. The molecule has 0 saturated carbocycles. The van der Waals surface area contributed by atoms with Crippen molar-refractivity contribution >= 4 is 23.2 Å². The highest BCUT2D eigenvalue weighted by molar-refractivity contribution is 7.14. The van der Waals surface area contributed by atoms with Crippen LogP contribution in [0.25, 0.3) is 0 Å². The molecule has 0 aromatic carbocycles. The van der Waals surface area contributed by atoms with Gasteiger partial charge in [0.15, 0.2) is 0 Å². The van der Waals surface area contributed by atoms with Gasteiger partial charge in [0.05, 0.1) is 12.0 Å². The van der Waals surface area contributed by atoms with Crippen LogP contribution in [0.4, 0.5) is 0 Å². The molecule has 1 amide bonds. The van der Waals surface area contributed by atoms with Crippen molar-refractivity contribution in [1.82, 2.24) is 4.90 Å². The molecule has 4 nitrogen and oxygen atoms in total. The van der Waals surface area contributed by atoms with Crippen LogP contribution >= 0.6 is 11.3 Å². The van der Waals surface area contributed by atoms with E-state index in [1.165, 1.54) is 23.3 Å². The van der Waals surface area contributed by atoms with E-state index < -0.39 is 5.97 Å². The minimum absolute atomic E-state index is 0.0225. The van der Waals surface area contributed by atoms with Crippen molar-refractivity contribution in [3.05, 3.63) is 21.4 Å². The zero-order valence-corrected chi connectivity index (χ0v) is 10.7. The molecule has 0 bridgehead atoms. The Morgan fingerprint density at radius 1 is 1.44 bits per heavy atom. The number of esters is 1. The van der Waals surface area contributed by atoms with Gasteiger partial charge in [-0.2, -0.15) is 0 Å². The second-order valence-corrected chi connectivity index (χ2v) is 4.84. The summed E-state index contributed by atoms with van der Waals surface area (Å²) in [6, 6.07) is 1.84. The maximum Gasteiger partial charge on any atom is 0.325 e. The Balaban J connectivity index is 2.74. The summed E-state index contributed by atoms with van der Waals surface area (Å²) in [5.74, 6) is -0.563. The lowest BCUT2D eigenvalue weighted by Crippen LogP contribution is -2.32. The SMILES string of the molecule is COC(=O)CN(C)C(=O)c1cc(C)c(C)s1. The van der Waals surface area contributed by atoms with Crippen LogP contribution in [0.1, 0.15) is 20.1 Å². The first kappa shape index (κ1) is 12.7. The van der Waals surface area contributed by atoms with E-state index in [-0.39, 0.29) is 12.5 Å². The predicted molar refractivity (Wildman–Crippen MR) is 62.8 cm³/mol. The molecular formula is C11H15NO3S. The zero-order valence-electron chi connectivity index (χ0n) is 9.86. The van der Waals surface area contributed by atoms with Gasteiger partial charge in [-0.3, -0.25) is 9.59 Å². The molecule has 0 fully saturated rings. The highest BCUT2D eigenvalue weighted by atomic mass is 32.1. The third-order valence-electron chi connectivity index (χ3n) is 2.32. The van der Waals surface area contributed by atoms with Crippen molar-refractivity contribution in [2.24, 2.45) is 0 Å². The largest absolute Gasteiger partial charge is 0.468 e. The third-order valence-corrected chi connectivity index (χ3v) is 3.46. The van der Waals surface area contributed by atoms with Gasteiger partial charge in [0, 0.05) is 11.9 Å². The molecule has 0 atom stereocenters. The number of methoxy groups -OCH3 is 1. The van der Waals surface area contributed by atoms with Crippen LogP contribution in [0.5, 0.6) is 0 Å². The maximum absolute atomic E-state index is 11.9. The average molecular weight is 241 g/mol. The number of hydrogen-bond acceptors (Lipinski definition) is 4. The lowest BCUT2D eigenvalue weighted by molar-refractivity contribution is -0.141. The molecule has 0 saturated heterocycles. The summed E-state index contributed by atoms with van der Waals surface area (Å²) >= 11 is 1.44. The fourth-order valence-electron chi connectivity index (χ4n) is 1.20. The first-order chi connectivity index (χ1) is 7.45. The Kier molecular flexibility index (Phi) is 4.06. The van der Waals surface area contributed by atoms with Crippen LogP contribution in [-0.4, -0.2) is 37.5 Å². The van der Waals surface area contributed by atoms with E-state index in [9.17, 15) is 9.59 Å². The summed E-state index contributed by atoms with van der Waals surface area (Å²) in [6.07, 6.45) is 0. The van der Waals surface area contributed by atoms with Crippen molar-refractivity contribution in [2.75, 3.05) is 20.7 Å². The summed E-state index contributed by atoms with van der Waals surface area (Å²) in [5.41, 5.74) is 1.10. The van der Waals surface area contributed by atoms with E-state index in [0.29, 0.717) is 4.88 Å². The van der Waals surface area contributed by atoms with Crippen LogP contribution in [0.15, 0.2) is 6.07 Å². The number of nitrogens with zero attached hydrogens (tertiary/aromatic N) is 1. The third kappa shape index (κ3) is 2.82. The van der Waals surface area contributed by atoms with Gasteiger partial charge in [-0.15, -0.1) is 11.3 Å². The molecule has 0 aliphatic heterocycles. The number of amides is 1. The number of aryl methyl sites for hydroxylation is 2. The number of rotatable bonds is 3. The monoisotopic (exact) mass is 241 g/mol. The normalized spacial score (nSPS) is 10.0. The number of likely N-dealkylation sites (N-methyl/N-ethyl adjacent to an activating group) is 1. The first-order valence-electron chi connectivity index (χ1n) is 4.85. The van der Waals surface area contributed by atoms with Crippen molar-refractivity contribution in [2.45, 2.75) is 13.8 Å². The molecule has 0 aliphatic rings. The van der Waals surface area contributed by atoms with Crippen LogP contribution in [0, 0.1) is 13.8 Å². The lowest BCUT2D eigenvalue weighted by atomic mass is 10.3. The molecule has 0 unspecified atom stereocenters. The second-order valence-electron chi connectivity index (χ2n) is 3.59. The molecule has 0 N–H and O–H groups in total. The van der Waals surface area contributed by atoms with E-state index in [1.54, 1.807) is 7.05 Å². The molecule has 88 valence electrons. The van der Waals surface area contributed by atoms with E-state index in [4.69, 9.17) is 0 Å². The molecule has 1 rings (SSSR count). The van der Waals surface area contributed by atoms with Gasteiger partial charge >= 0.3 is 5.97 Å². The minimum Gasteiger partial charge on any atom is -0.468 e. The van der Waals surface area contributed by atoms with E-state index >= 15 is 0 Å². The number of ether oxygens (including phenoxy) is 1. The van der Waals surface area contributed by atoms with E-state index in [0.717, 1.165) is 10.4 Å². The Labute approximate surface area is 98.8 Å². The Bertz CT molecular complexity index is 392. The van der Waals surface area contributed by atoms with Gasteiger partial charge in [-0.1, -0.05) is 0 Å². The van der Waals surface area contributed by atoms with Crippen molar-refractivity contribution < 1.29 is 14.3 Å². The second kappa shape index (κ2) is 5.12. The first-order valence-corrected chi connectivity index (χ1v) is 5.66. The standard InChI is InChI=1S/C11H15NO3S/c1-7-5-9(16-8(7)2)11(14)12(3)6-10(13)15-4/h5H,6H2,1-4H3. The molecule has 0 radical (unpaired) electrons. The van der Waals surface area contributed by atoms with E-state index in [1.807, 2.05) is 19.9 Å². The quantitative estimate of drug-likeness (QED) is 0.755. The van der Waals surface area contributed by atoms with Crippen LogP contribution in [0.3, 0.4) is 0 Å². The molecule has 0 spiro atoms. The molecule has 1 heterocycles. The molecular weight excluding hydrogens is 226 g/mol. The van der Waals surface area contributed by atoms with Crippen molar-refractivity contribution in [3.8, 4) is 0 Å². The van der Waals surface area contributed by atoms with Crippen LogP contribution in [-0.2, 0) is 9.53 Å². The molecule has 16 heavy (non-hydrogen) atoms. The van der Waals surface area contributed by atoms with Gasteiger partial charge < -0.3 is 9.64 Å². The molecule has 1 aromatic rings. The highest BCUT2D eigenvalue weighted by Crippen LogP contribution is 2.21. The van der Waals surface area contributed by atoms with Crippen LogP contribution in [0.2, 0.25) is 0 Å². The fourth-order valence-corrected chi connectivity index (χ4v) is 2.23. The maximum atomic E-state index is 11.9. The van der Waals surface area contributed by atoms with E-state index in [2.05, 4.69) is 4.74 Å². The zero-order chi connectivity index (χ0) is 12.3. The number of carbonyl (C=O) groups excluding carboxylic acids is 2. The van der Waals surface area contributed by atoms with Gasteiger partial charge in [-0.25, -0.2) is 0 Å². The topological polar surface area (TPSA) is 46.6 Å². The van der Waals surface area contributed by atoms with Crippen molar-refractivity contribution in [3.63, 3.8) is 0 Å². The number of thiophene rings is 1. The Morgan fingerprint density at radius 2 is 2.06 bits per heavy atom. The van der Waals surface area contributed by atoms with Gasteiger partial charge in [-0.05, 0) is 25.5 Å². The number of hydrogen-bond donors (Lipinski definition) is 0. The lowest BCUT2D eigenvalue weighted by Gasteiger charge is -2.14. The summed E-state index contributed by atoms with van der Waals surface area (Å²) in [5, 5.41) is 0. The van der Waals surface area contributed by atoms with Crippen LogP contribution < -0.4 is 0 Å². The summed E-state index contributed by atoms with van der Waals surface area (Å²) in [4.78, 5) is 26.0. The summed E-state index contributed by atoms with van der Waals surface area (Å²) < 4.78 is 4.51. The highest BCUT2D eigenvalue weighted by Gasteiger charge is 2.17. The molecule has 0 aliphatic carbocycles. The smallest absolute Gasteiger partial charge is 0.325 e. The summed E-state index contributed by atoms with van der Waals surface area (Å²) in [6.45, 7) is 3.91. The van der Waals surface area contributed by atoms with Crippen molar-refractivity contribution in [1.29, 1.82) is 0 Å². The average Bonchev–Trinajstić information content (AvgIpc) is 2.57. The minimum atomic E-state index is -0.416. The fraction of sp³-hybridized carbons (Fsp3) is 0.455. The molecule has 5 heteroatoms. The molecule has 1 aromatic heterocycles. The summed E-state index contributed by atoms with van der Waals surface area (Å²) in [7, 11) is 2.89. The Hall–Kier alpha value is -1.36. The van der Waals surface area contributed by atoms with Gasteiger partial charge in [0.1, 0.15) is 6.54 Å².